The zero-order chi connectivity index (χ0) is 20.5. The van der Waals surface area contributed by atoms with Gasteiger partial charge in [0.05, 0.1) is 0 Å². The summed E-state index contributed by atoms with van der Waals surface area (Å²) in [6.07, 6.45) is 10.6. The third kappa shape index (κ3) is 4.30. The van der Waals surface area contributed by atoms with Gasteiger partial charge < -0.3 is 9.84 Å². The van der Waals surface area contributed by atoms with Crippen molar-refractivity contribution < 1.29 is 9.84 Å². The average Bonchev–Trinajstić information content (AvgIpc) is 2.63. The fourth-order valence-electron chi connectivity index (χ4n) is 5.10. The Morgan fingerprint density at radius 1 is 1.21 bits per heavy atom. The Bertz CT molecular complexity index is 732. The van der Waals surface area contributed by atoms with Gasteiger partial charge in [-0.1, -0.05) is 74.0 Å². The molecule has 0 saturated carbocycles. The predicted molar refractivity (Wildman–Crippen MR) is 122 cm³/mol. The van der Waals surface area contributed by atoms with Crippen LogP contribution in [-0.4, -0.2) is 16.0 Å². The molecule has 1 aliphatic heterocycles. The van der Waals surface area contributed by atoms with E-state index in [2.05, 4.69) is 62.7 Å². The number of fused-ring (bicyclic) bond motifs is 3. The lowest BCUT2D eigenvalue weighted by atomic mass is 9.66. The molecular weight excluding hydrogens is 412 g/mol. The summed E-state index contributed by atoms with van der Waals surface area (Å²) < 4.78 is 6.52. The maximum absolute atomic E-state index is 11.1. The van der Waals surface area contributed by atoms with Gasteiger partial charge in [0.25, 0.3) is 0 Å². The SMILES string of the molecule is CCCCCCC(C)(C)c1cc(O)c2c(c1)OC(C)(C)[C@H]1CC=C(CBr)C[C@H]21. The van der Waals surface area contributed by atoms with Crippen molar-refractivity contribution in [3.63, 3.8) is 0 Å². The molecule has 3 heteroatoms. The second-order valence-corrected chi connectivity index (χ2v) is 10.5. The lowest BCUT2D eigenvalue weighted by Gasteiger charge is -2.47. The maximum Gasteiger partial charge on any atom is 0.127 e. The number of unbranched alkanes of at least 4 members (excludes halogenated alkanes) is 3. The number of benzene rings is 1. The Labute approximate surface area is 179 Å². The highest BCUT2D eigenvalue weighted by molar-refractivity contribution is 9.09. The van der Waals surface area contributed by atoms with Crippen molar-refractivity contribution >= 4 is 15.9 Å². The summed E-state index contributed by atoms with van der Waals surface area (Å²) in [7, 11) is 0. The number of allylic oxidation sites excluding steroid dienone is 2. The fourth-order valence-corrected chi connectivity index (χ4v) is 5.56. The van der Waals surface area contributed by atoms with Gasteiger partial charge in [0, 0.05) is 22.7 Å². The van der Waals surface area contributed by atoms with Gasteiger partial charge in [-0.05, 0) is 56.2 Å². The molecule has 156 valence electrons. The third-order valence-electron chi connectivity index (χ3n) is 6.99. The topological polar surface area (TPSA) is 29.5 Å². The molecule has 1 aromatic rings. The molecule has 3 rings (SSSR count). The summed E-state index contributed by atoms with van der Waals surface area (Å²) >= 11 is 3.63. The van der Waals surface area contributed by atoms with Gasteiger partial charge in [-0.15, -0.1) is 0 Å². The monoisotopic (exact) mass is 448 g/mol. The van der Waals surface area contributed by atoms with Crippen LogP contribution in [0.25, 0.3) is 0 Å². The number of ether oxygens (including phenoxy) is 1. The normalized spacial score (nSPS) is 23.4. The molecule has 28 heavy (non-hydrogen) atoms. The minimum absolute atomic E-state index is 0.0398. The van der Waals surface area contributed by atoms with Crippen LogP contribution in [0.15, 0.2) is 23.8 Å². The van der Waals surface area contributed by atoms with Gasteiger partial charge in [-0.3, -0.25) is 0 Å². The number of rotatable bonds is 7. The number of alkyl halides is 1. The van der Waals surface area contributed by atoms with Gasteiger partial charge in [-0.2, -0.15) is 0 Å². The molecule has 1 heterocycles. The molecule has 1 aromatic carbocycles. The number of hydrogen-bond acceptors (Lipinski definition) is 2. The lowest BCUT2D eigenvalue weighted by Crippen LogP contribution is -2.45. The first-order valence-corrected chi connectivity index (χ1v) is 12.1. The summed E-state index contributed by atoms with van der Waals surface area (Å²) in [5.41, 5.74) is 3.48. The van der Waals surface area contributed by atoms with Crippen LogP contribution in [0.4, 0.5) is 0 Å². The first kappa shape index (κ1) is 21.7. The Balaban J connectivity index is 1.93. The summed E-state index contributed by atoms with van der Waals surface area (Å²) in [5.74, 6) is 2.06. The Morgan fingerprint density at radius 3 is 2.64 bits per heavy atom. The molecule has 0 radical (unpaired) electrons. The number of halogens is 1. The van der Waals surface area contributed by atoms with E-state index in [1.54, 1.807) is 0 Å². The number of phenols is 1. The van der Waals surface area contributed by atoms with E-state index in [0.29, 0.717) is 17.6 Å². The van der Waals surface area contributed by atoms with E-state index in [9.17, 15) is 5.11 Å². The largest absolute Gasteiger partial charge is 0.508 e. The van der Waals surface area contributed by atoms with Gasteiger partial charge >= 0.3 is 0 Å². The van der Waals surface area contributed by atoms with Crippen molar-refractivity contribution in [1.29, 1.82) is 0 Å². The fraction of sp³-hybridized carbons (Fsp3) is 0.680. The summed E-state index contributed by atoms with van der Waals surface area (Å²) in [4.78, 5) is 0. The van der Waals surface area contributed by atoms with Crippen molar-refractivity contribution in [3.8, 4) is 11.5 Å². The first-order valence-electron chi connectivity index (χ1n) is 11.0. The van der Waals surface area contributed by atoms with E-state index in [1.165, 1.54) is 36.8 Å². The number of hydrogen-bond donors (Lipinski definition) is 1. The molecule has 2 nitrogen and oxygen atoms in total. The smallest absolute Gasteiger partial charge is 0.127 e. The predicted octanol–water partition coefficient (Wildman–Crippen LogP) is 7.63. The minimum Gasteiger partial charge on any atom is -0.508 e. The van der Waals surface area contributed by atoms with E-state index in [0.717, 1.165) is 35.9 Å². The second-order valence-electron chi connectivity index (χ2n) is 9.96. The zero-order valence-electron chi connectivity index (χ0n) is 18.3. The van der Waals surface area contributed by atoms with Gasteiger partial charge in [0.2, 0.25) is 0 Å². The number of phenolic OH excluding ortho intramolecular Hbond substituents is 1. The number of aromatic hydroxyl groups is 1. The molecule has 2 aliphatic rings. The molecule has 0 bridgehead atoms. The van der Waals surface area contributed by atoms with Crippen LogP contribution in [0.5, 0.6) is 11.5 Å². The second kappa shape index (κ2) is 8.42. The minimum atomic E-state index is -0.220. The van der Waals surface area contributed by atoms with E-state index in [1.807, 2.05) is 6.07 Å². The van der Waals surface area contributed by atoms with Crippen LogP contribution in [0, 0.1) is 5.92 Å². The molecule has 2 atom stereocenters. The van der Waals surface area contributed by atoms with Crippen molar-refractivity contribution in [2.75, 3.05) is 5.33 Å². The van der Waals surface area contributed by atoms with Gasteiger partial charge in [0.15, 0.2) is 0 Å². The highest BCUT2D eigenvalue weighted by atomic mass is 79.9. The Morgan fingerprint density at radius 2 is 1.96 bits per heavy atom. The van der Waals surface area contributed by atoms with Crippen LogP contribution in [0.1, 0.15) is 96.6 Å². The van der Waals surface area contributed by atoms with E-state index in [4.69, 9.17) is 4.74 Å². The van der Waals surface area contributed by atoms with Crippen molar-refractivity contribution in [3.05, 3.63) is 34.9 Å². The molecule has 0 unspecified atom stereocenters. The van der Waals surface area contributed by atoms with Crippen LogP contribution in [-0.2, 0) is 5.41 Å². The molecule has 1 aliphatic carbocycles. The Kier molecular flexibility index (Phi) is 6.54. The van der Waals surface area contributed by atoms with E-state index in [-0.39, 0.29) is 11.0 Å². The molecule has 1 N–H and O–H groups in total. The Hall–Kier alpha value is -0.960. The van der Waals surface area contributed by atoms with E-state index >= 15 is 0 Å². The summed E-state index contributed by atoms with van der Waals surface area (Å²) in [6.45, 7) is 11.3. The van der Waals surface area contributed by atoms with Crippen LogP contribution in [0.2, 0.25) is 0 Å². The molecular formula is C25H37BrO2. The highest BCUT2D eigenvalue weighted by Crippen LogP contribution is 2.55. The standard InChI is InChI=1S/C25H37BrO2/c1-6-7-8-9-12-24(2,3)18-14-21(27)23-19-13-17(16-26)10-11-20(19)25(4,5)28-22(23)15-18/h10,14-15,19-20,27H,6-9,11-13,16H2,1-5H3/t19-,20-/m0/s1. The molecule has 0 aromatic heterocycles. The quantitative estimate of drug-likeness (QED) is 0.263. The van der Waals surface area contributed by atoms with Crippen molar-refractivity contribution in [2.45, 2.75) is 96.5 Å². The van der Waals surface area contributed by atoms with Crippen LogP contribution < -0.4 is 4.74 Å². The average molecular weight is 449 g/mol. The first-order chi connectivity index (χ1) is 13.2. The zero-order valence-corrected chi connectivity index (χ0v) is 19.9. The molecule has 0 amide bonds. The summed E-state index contributed by atoms with van der Waals surface area (Å²) in [5, 5.41) is 12.0. The highest BCUT2D eigenvalue weighted by Gasteiger charge is 2.46. The molecule has 0 saturated heterocycles. The van der Waals surface area contributed by atoms with Crippen molar-refractivity contribution in [2.24, 2.45) is 5.92 Å². The van der Waals surface area contributed by atoms with Gasteiger partial charge in [-0.25, -0.2) is 0 Å². The van der Waals surface area contributed by atoms with Gasteiger partial charge in [0.1, 0.15) is 17.1 Å². The summed E-state index contributed by atoms with van der Waals surface area (Å²) in [6, 6.07) is 4.24. The molecule has 0 spiro atoms. The van der Waals surface area contributed by atoms with Crippen molar-refractivity contribution in [1.82, 2.24) is 0 Å². The molecule has 0 fully saturated rings. The van der Waals surface area contributed by atoms with Crippen LogP contribution in [0.3, 0.4) is 0 Å². The third-order valence-corrected chi connectivity index (χ3v) is 7.71. The van der Waals surface area contributed by atoms with Crippen LogP contribution >= 0.6 is 15.9 Å². The maximum atomic E-state index is 11.1. The van der Waals surface area contributed by atoms with E-state index < -0.39 is 0 Å². The lowest BCUT2D eigenvalue weighted by molar-refractivity contribution is 0.00746.